The van der Waals surface area contributed by atoms with Crippen molar-refractivity contribution in [3.63, 3.8) is 0 Å². The summed E-state index contributed by atoms with van der Waals surface area (Å²) in [5.41, 5.74) is -0.851. The Morgan fingerprint density at radius 3 is 2.33 bits per heavy atom. The molecule has 2 aromatic heterocycles. The SMILES string of the molecule is CC(C)[C@@H](CO)n1cc(C(=O)O)c(=O)c2cc(CCc3ccc(F)c(F)c3F)c(CO)nc21. The standard InChI is InChI=1S/C23H23F3N2O5/c1-11(2)18(10-30)28-8-15(23(32)33)21(31)14-7-13(17(9-29)27-22(14)28)4-3-12-5-6-16(24)20(26)19(12)25/h5-8,11,18,29-30H,3-4,9-10H2,1-2H3,(H,32,33)/t18-/m1/s1. The Morgan fingerprint density at radius 1 is 1.09 bits per heavy atom. The number of nitrogens with zero attached hydrogens (tertiary/aromatic N) is 2. The van der Waals surface area contributed by atoms with Crippen LogP contribution in [0.1, 0.15) is 47.1 Å². The van der Waals surface area contributed by atoms with E-state index in [1.165, 1.54) is 10.6 Å². The maximum atomic E-state index is 14.0. The molecule has 3 rings (SSSR count). The fourth-order valence-electron chi connectivity index (χ4n) is 3.76. The van der Waals surface area contributed by atoms with Crippen molar-refractivity contribution in [1.29, 1.82) is 0 Å². The zero-order valence-electron chi connectivity index (χ0n) is 18.0. The molecule has 1 atom stereocenters. The van der Waals surface area contributed by atoms with E-state index >= 15 is 0 Å². The Kier molecular flexibility index (Phi) is 7.19. The third kappa shape index (κ3) is 4.62. The summed E-state index contributed by atoms with van der Waals surface area (Å²) in [6.07, 6.45) is 1.06. The van der Waals surface area contributed by atoms with Gasteiger partial charge < -0.3 is 19.9 Å². The van der Waals surface area contributed by atoms with E-state index < -0.39 is 47.1 Å². The first-order chi connectivity index (χ1) is 15.6. The molecule has 0 aliphatic carbocycles. The molecular formula is C23H23F3N2O5. The number of fused-ring (bicyclic) bond motifs is 1. The number of carboxylic acid groups (broad SMARTS) is 1. The molecule has 0 unspecified atom stereocenters. The van der Waals surface area contributed by atoms with Gasteiger partial charge in [0.2, 0.25) is 5.43 Å². The molecule has 0 saturated carbocycles. The van der Waals surface area contributed by atoms with E-state index in [1.807, 2.05) is 13.8 Å². The highest BCUT2D eigenvalue weighted by atomic mass is 19.2. The predicted octanol–water partition coefficient (Wildman–Crippen LogP) is 2.98. The molecule has 1 aromatic carbocycles. The number of aliphatic hydroxyl groups excluding tert-OH is 2. The summed E-state index contributed by atoms with van der Waals surface area (Å²) in [6.45, 7) is 2.74. The molecule has 0 aliphatic heterocycles. The monoisotopic (exact) mass is 464 g/mol. The van der Waals surface area contributed by atoms with Gasteiger partial charge in [-0.3, -0.25) is 4.79 Å². The van der Waals surface area contributed by atoms with Crippen molar-refractivity contribution in [3.8, 4) is 0 Å². The Balaban J connectivity index is 2.18. The smallest absolute Gasteiger partial charge is 0.341 e. The molecule has 176 valence electrons. The van der Waals surface area contributed by atoms with Crippen LogP contribution in [0.5, 0.6) is 0 Å². The van der Waals surface area contributed by atoms with Crippen molar-refractivity contribution in [2.45, 2.75) is 39.3 Å². The van der Waals surface area contributed by atoms with Crippen LogP contribution in [0.2, 0.25) is 0 Å². The minimum absolute atomic E-state index is 0.0190. The molecule has 3 N–H and O–H groups in total. The number of benzene rings is 1. The van der Waals surface area contributed by atoms with Gasteiger partial charge in [0.1, 0.15) is 11.2 Å². The van der Waals surface area contributed by atoms with Gasteiger partial charge >= 0.3 is 5.97 Å². The summed E-state index contributed by atoms with van der Waals surface area (Å²) in [5.74, 6) is -5.83. The van der Waals surface area contributed by atoms with Crippen molar-refractivity contribution in [2.75, 3.05) is 6.61 Å². The lowest BCUT2D eigenvalue weighted by Crippen LogP contribution is -2.26. The molecule has 0 radical (unpaired) electrons. The highest BCUT2D eigenvalue weighted by molar-refractivity contribution is 5.92. The van der Waals surface area contributed by atoms with E-state index in [0.29, 0.717) is 5.56 Å². The van der Waals surface area contributed by atoms with Crippen LogP contribution in [0.25, 0.3) is 11.0 Å². The zero-order chi connectivity index (χ0) is 24.4. The van der Waals surface area contributed by atoms with Crippen LogP contribution in [0.3, 0.4) is 0 Å². The van der Waals surface area contributed by atoms with Crippen LogP contribution < -0.4 is 5.43 Å². The number of hydrogen-bond donors (Lipinski definition) is 3. The van der Waals surface area contributed by atoms with Crippen molar-refractivity contribution < 1.29 is 33.3 Å². The van der Waals surface area contributed by atoms with Gasteiger partial charge in [-0.25, -0.2) is 22.9 Å². The number of carboxylic acids is 1. The fraction of sp³-hybridized carbons (Fsp3) is 0.348. The molecule has 2 heterocycles. The Hall–Kier alpha value is -3.24. The van der Waals surface area contributed by atoms with Gasteiger partial charge in [0, 0.05) is 6.20 Å². The number of carbonyl (C=O) groups is 1. The minimum Gasteiger partial charge on any atom is -0.477 e. The molecule has 3 aromatic rings. The van der Waals surface area contributed by atoms with Crippen LogP contribution in [-0.2, 0) is 19.4 Å². The van der Waals surface area contributed by atoms with E-state index in [1.54, 1.807) is 0 Å². The molecule has 0 fully saturated rings. The van der Waals surface area contributed by atoms with Crippen LogP contribution in [0.4, 0.5) is 13.2 Å². The maximum absolute atomic E-state index is 14.0. The van der Waals surface area contributed by atoms with E-state index in [-0.39, 0.29) is 47.7 Å². The van der Waals surface area contributed by atoms with Gasteiger partial charge in [0.05, 0.1) is 30.3 Å². The first-order valence-electron chi connectivity index (χ1n) is 10.3. The first-order valence-corrected chi connectivity index (χ1v) is 10.3. The van der Waals surface area contributed by atoms with E-state index in [0.717, 1.165) is 18.3 Å². The van der Waals surface area contributed by atoms with Gasteiger partial charge in [-0.15, -0.1) is 0 Å². The van der Waals surface area contributed by atoms with Crippen LogP contribution in [0, 0.1) is 23.4 Å². The quantitative estimate of drug-likeness (QED) is 0.442. The number of aliphatic hydroxyl groups is 2. The molecule has 33 heavy (non-hydrogen) atoms. The Morgan fingerprint density at radius 2 is 1.76 bits per heavy atom. The van der Waals surface area contributed by atoms with E-state index in [9.17, 15) is 38.1 Å². The average molecular weight is 464 g/mol. The van der Waals surface area contributed by atoms with Gasteiger partial charge in [0.25, 0.3) is 0 Å². The fourth-order valence-corrected chi connectivity index (χ4v) is 3.76. The molecule has 7 nitrogen and oxygen atoms in total. The molecule has 0 spiro atoms. The largest absolute Gasteiger partial charge is 0.477 e. The van der Waals surface area contributed by atoms with E-state index in [2.05, 4.69) is 4.98 Å². The lowest BCUT2D eigenvalue weighted by atomic mass is 10.00. The predicted molar refractivity (Wildman–Crippen MR) is 114 cm³/mol. The molecule has 10 heteroatoms. The number of halogens is 3. The molecule has 0 amide bonds. The summed E-state index contributed by atoms with van der Waals surface area (Å²) >= 11 is 0. The first kappa shape index (κ1) is 24.4. The van der Waals surface area contributed by atoms with Gasteiger partial charge in [-0.05, 0) is 42.0 Å². The highest BCUT2D eigenvalue weighted by Gasteiger charge is 2.23. The zero-order valence-corrected chi connectivity index (χ0v) is 18.0. The molecule has 0 saturated heterocycles. The number of hydrogen-bond acceptors (Lipinski definition) is 5. The summed E-state index contributed by atoms with van der Waals surface area (Å²) in [6, 6.07) is 2.68. The maximum Gasteiger partial charge on any atom is 0.341 e. The lowest BCUT2D eigenvalue weighted by molar-refractivity contribution is 0.0694. The molecule has 0 bridgehead atoms. The number of pyridine rings is 2. The van der Waals surface area contributed by atoms with Crippen molar-refractivity contribution in [1.82, 2.24) is 9.55 Å². The van der Waals surface area contributed by atoms with Crippen LogP contribution in [-0.4, -0.2) is 37.4 Å². The summed E-state index contributed by atoms with van der Waals surface area (Å²) < 4.78 is 42.2. The van der Waals surface area contributed by atoms with Gasteiger partial charge in [0.15, 0.2) is 17.5 Å². The minimum atomic E-state index is -1.59. The third-order valence-electron chi connectivity index (χ3n) is 5.65. The highest BCUT2D eigenvalue weighted by Crippen LogP contribution is 2.25. The summed E-state index contributed by atoms with van der Waals surface area (Å²) in [7, 11) is 0. The third-order valence-corrected chi connectivity index (χ3v) is 5.65. The van der Waals surface area contributed by atoms with E-state index in [4.69, 9.17) is 0 Å². The number of rotatable bonds is 8. The van der Waals surface area contributed by atoms with Gasteiger partial charge in [-0.1, -0.05) is 19.9 Å². The van der Waals surface area contributed by atoms with Crippen LogP contribution >= 0.6 is 0 Å². The molecular weight excluding hydrogens is 441 g/mol. The van der Waals surface area contributed by atoms with Crippen molar-refractivity contribution in [2.24, 2.45) is 5.92 Å². The second-order valence-corrected chi connectivity index (χ2v) is 8.04. The topological polar surface area (TPSA) is 113 Å². The second kappa shape index (κ2) is 9.72. The Bertz CT molecular complexity index is 1270. The number of aryl methyl sites for hydroxylation is 2. The Labute approximate surface area is 186 Å². The normalized spacial score (nSPS) is 12.5. The number of aromatic nitrogens is 2. The summed E-state index contributed by atoms with van der Waals surface area (Å²) in [5, 5.41) is 29.1. The summed E-state index contributed by atoms with van der Waals surface area (Å²) in [4.78, 5) is 28.9. The molecule has 0 aliphatic rings. The number of aromatic carboxylic acids is 1. The average Bonchev–Trinajstić information content (AvgIpc) is 2.78. The lowest BCUT2D eigenvalue weighted by Gasteiger charge is -2.24. The second-order valence-electron chi connectivity index (χ2n) is 8.04. The van der Waals surface area contributed by atoms with Crippen LogP contribution in [0.15, 0.2) is 29.2 Å². The van der Waals surface area contributed by atoms with Crippen molar-refractivity contribution in [3.05, 3.63) is 74.5 Å². The van der Waals surface area contributed by atoms with Gasteiger partial charge in [-0.2, -0.15) is 0 Å². The van der Waals surface area contributed by atoms with Crippen molar-refractivity contribution >= 4 is 17.0 Å².